The van der Waals surface area contributed by atoms with Crippen LogP contribution in [-0.4, -0.2) is 40.4 Å². The van der Waals surface area contributed by atoms with Gasteiger partial charge in [-0.25, -0.2) is 9.97 Å². The number of aromatic nitrogens is 2. The fourth-order valence-corrected chi connectivity index (χ4v) is 5.91. The molecule has 0 spiro atoms. The van der Waals surface area contributed by atoms with Crippen LogP contribution in [0.4, 0.5) is 19.0 Å². The highest BCUT2D eigenvalue weighted by Crippen LogP contribution is 2.38. The summed E-state index contributed by atoms with van der Waals surface area (Å²) in [6, 6.07) is 6.50. The number of anilines is 1. The van der Waals surface area contributed by atoms with Crippen LogP contribution in [0.2, 0.25) is 0 Å². The van der Waals surface area contributed by atoms with Crippen molar-refractivity contribution in [1.82, 2.24) is 14.9 Å². The Kier molecular flexibility index (Phi) is 5.94. The smallest absolute Gasteiger partial charge is 0.406 e. The lowest BCUT2D eigenvalue weighted by molar-refractivity contribution is -0.274. The fourth-order valence-electron chi connectivity index (χ4n) is 4.68. The molecule has 170 valence electrons. The van der Waals surface area contributed by atoms with Crippen LogP contribution in [0.5, 0.6) is 5.75 Å². The SMILES string of the molecule is FC(F)(F)Oc1ccc(CN2CCC(Nc3ncnc4sc5c(c34)CCCC5)CC2)cc1. The molecule has 1 aliphatic carbocycles. The van der Waals surface area contributed by atoms with Crippen molar-refractivity contribution < 1.29 is 17.9 Å². The number of nitrogens with zero attached hydrogens (tertiary/aromatic N) is 3. The molecule has 0 radical (unpaired) electrons. The molecular weight excluding hydrogens is 437 g/mol. The van der Waals surface area contributed by atoms with Crippen molar-refractivity contribution in [3.63, 3.8) is 0 Å². The molecular formula is C23H25F3N4OS. The first kappa shape index (κ1) is 21.5. The van der Waals surface area contributed by atoms with Crippen molar-refractivity contribution in [3.8, 4) is 5.75 Å². The van der Waals surface area contributed by atoms with E-state index in [1.54, 1.807) is 18.5 Å². The van der Waals surface area contributed by atoms with Gasteiger partial charge in [0.15, 0.2) is 0 Å². The summed E-state index contributed by atoms with van der Waals surface area (Å²) in [5, 5.41) is 4.90. The highest BCUT2D eigenvalue weighted by Gasteiger charge is 2.31. The molecule has 0 atom stereocenters. The number of ether oxygens (including phenoxy) is 1. The Hall–Kier alpha value is -2.39. The highest BCUT2D eigenvalue weighted by atomic mass is 32.1. The van der Waals surface area contributed by atoms with Crippen molar-refractivity contribution in [2.75, 3.05) is 18.4 Å². The first-order valence-corrected chi connectivity index (χ1v) is 11.8. The van der Waals surface area contributed by atoms with Gasteiger partial charge >= 0.3 is 6.36 Å². The Balaban J connectivity index is 1.18. The van der Waals surface area contributed by atoms with Gasteiger partial charge in [0, 0.05) is 30.6 Å². The van der Waals surface area contributed by atoms with Crippen LogP contribution < -0.4 is 10.1 Å². The van der Waals surface area contributed by atoms with Gasteiger partial charge in [-0.2, -0.15) is 0 Å². The van der Waals surface area contributed by atoms with Gasteiger partial charge in [0.25, 0.3) is 0 Å². The van der Waals surface area contributed by atoms with E-state index in [0.29, 0.717) is 6.04 Å². The average molecular weight is 463 g/mol. The van der Waals surface area contributed by atoms with E-state index in [9.17, 15) is 13.2 Å². The number of fused-ring (bicyclic) bond motifs is 3. The summed E-state index contributed by atoms with van der Waals surface area (Å²) < 4.78 is 40.9. The molecule has 3 heterocycles. The van der Waals surface area contributed by atoms with Crippen molar-refractivity contribution >= 4 is 27.4 Å². The summed E-state index contributed by atoms with van der Waals surface area (Å²) in [5.41, 5.74) is 2.42. The van der Waals surface area contributed by atoms with E-state index in [-0.39, 0.29) is 5.75 Å². The average Bonchev–Trinajstić information content (AvgIpc) is 3.15. The largest absolute Gasteiger partial charge is 0.573 e. The van der Waals surface area contributed by atoms with E-state index in [0.717, 1.165) is 61.5 Å². The Morgan fingerprint density at radius 1 is 1.06 bits per heavy atom. The summed E-state index contributed by atoms with van der Waals surface area (Å²) >= 11 is 1.81. The minimum absolute atomic E-state index is 0.184. The van der Waals surface area contributed by atoms with Crippen molar-refractivity contribution in [1.29, 1.82) is 0 Å². The zero-order valence-corrected chi connectivity index (χ0v) is 18.4. The zero-order valence-electron chi connectivity index (χ0n) is 17.6. The Bertz CT molecular complexity index is 1080. The second kappa shape index (κ2) is 8.86. The van der Waals surface area contributed by atoms with E-state index >= 15 is 0 Å². The highest BCUT2D eigenvalue weighted by molar-refractivity contribution is 7.19. The number of likely N-dealkylation sites (tertiary alicyclic amines) is 1. The number of aryl methyl sites for hydroxylation is 2. The van der Waals surface area contributed by atoms with E-state index < -0.39 is 6.36 Å². The molecule has 1 aliphatic heterocycles. The van der Waals surface area contributed by atoms with E-state index in [2.05, 4.69) is 24.9 Å². The summed E-state index contributed by atoms with van der Waals surface area (Å²) in [7, 11) is 0. The predicted molar refractivity (Wildman–Crippen MR) is 119 cm³/mol. The summed E-state index contributed by atoms with van der Waals surface area (Å²) in [6.07, 6.45) is 3.74. The molecule has 0 saturated carbocycles. The number of piperidine rings is 1. The maximum absolute atomic E-state index is 12.3. The lowest BCUT2D eigenvalue weighted by Gasteiger charge is -2.32. The van der Waals surface area contributed by atoms with Gasteiger partial charge < -0.3 is 10.1 Å². The first-order valence-electron chi connectivity index (χ1n) is 11.0. The molecule has 32 heavy (non-hydrogen) atoms. The number of hydrogen-bond acceptors (Lipinski definition) is 6. The van der Waals surface area contributed by atoms with Crippen LogP contribution in [0.3, 0.4) is 0 Å². The molecule has 9 heteroatoms. The maximum atomic E-state index is 12.3. The lowest BCUT2D eigenvalue weighted by Crippen LogP contribution is -2.38. The number of thiophene rings is 1. The van der Waals surface area contributed by atoms with Gasteiger partial charge in [-0.15, -0.1) is 24.5 Å². The number of rotatable bonds is 5. The second-order valence-corrected chi connectivity index (χ2v) is 9.58. The first-order chi connectivity index (χ1) is 15.4. The lowest BCUT2D eigenvalue weighted by atomic mass is 9.96. The monoisotopic (exact) mass is 462 g/mol. The van der Waals surface area contributed by atoms with Crippen molar-refractivity contribution in [2.24, 2.45) is 0 Å². The Labute approximate surface area is 188 Å². The molecule has 1 saturated heterocycles. The molecule has 3 aromatic rings. The third-order valence-electron chi connectivity index (χ3n) is 6.24. The molecule has 5 nitrogen and oxygen atoms in total. The third-order valence-corrected chi connectivity index (χ3v) is 7.44. The topological polar surface area (TPSA) is 50.3 Å². The number of nitrogens with one attached hydrogen (secondary N) is 1. The van der Waals surface area contributed by atoms with E-state index in [1.165, 1.54) is 40.8 Å². The number of alkyl halides is 3. The third kappa shape index (κ3) is 4.83. The number of halogens is 3. The summed E-state index contributed by atoms with van der Waals surface area (Å²) in [4.78, 5) is 14.0. The van der Waals surface area contributed by atoms with Crippen LogP contribution in [-0.2, 0) is 19.4 Å². The second-order valence-electron chi connectivity index (χ2n) is 8.50. The standard InChI is InChI=1S/C23H25F3N4OS/c24-23(25,26)31-17-7-5-15(6-8-17)13-30-11-9-16(10-12-30)29-21-20-18-3-1-2-4-19(18)32-22(20)28-14-27-21/h5-8,14,16H,1-4,9-13H2,(H,27,28,29). The molecule has 0 bridgehead atoms. The maximum Gasteiger partial charge on any atom is 0.573 e. The number of benzene rings is 1. The van der Waals surface area contributed by atoms with Crippen LogP contribution in [0.15, 0.2) is 30.6 Å². The zero-order chi connectivity index (χ0) is 22.1. The van der Waals surface area contributed by atoms with Crippen LogP contribution >= 0.6 is 11.3 Å². The van der Waals surface area contributed by atoms with E-state index in [1.807, 2.05) is 11.3 Å². The molecule has 2 aliphatic rings. The molecule has 1 N–H and O–H groups in total. The molecule has 2 aromatic heterocycles. The van der Waals surface area contributed by atoms with Gasteiger partial charge in [0.05, 0.1) is 5.39 Å². The normalized spacial score (nSPS) is 18.0. The van der Waals surface area contributed by atoms with Crippen molar-refractivity contribution in [3.05, 3.63) is 46.6 Å². The van der Waals surface area contributed by atoms with Gasteiger partial charge in [-0.3, -0.25) is 4.90 Å². The van der Waals surface area contributed by atoms with Crippen LogP contribution in [0, 0.1) is 0 Å². The molecule has 0 amide bonds. The van der Waals surface area contributed by atoms with Gasteiger partial charge in [0.1, 0.15) is 22.7 Å². The van der Waals surface area contributed by atoms with Crippen LogP contribution in [0.25, 0.3) is 10.2 Å². The Morgan fingerprint density at radius 3 is 2.56 bits per heavy atom. The predicted octanol–water partition coefficient (Wildman–Crippen LogP) is 5.55. The fraction of sp³-hybridized carbons (Fsp3) is 0.478. The molecule has 5 rings (SSSR count). The van der Waals surface area contributed by atoms with Gasteiger partial charge in [-0.1, -0.05) is 12.1 Å². The Morgan fingerprint density at radius 2 is 1.81 bits per heavy atom. The molecule has 1 fully saturated rings. The minimum atomic E-state index is -4.66. The number of hydrogen-bond donors (Lipinski definition) is 1. The van der Waals surface area contributed by atoms with Gasteiger partial charge in [-0.05, 0) is 61.8 Å². The quantitative estimate of drug-likeness (QED) is 0.539. The summed E-state index contributed by atoms with van der Waals surface area (Å²) in [6.45, 7) is 2.57. The molecule has 0 unspecified atom stereocenters. The van der Waals surface area contributed by atoms with Crippen molar-refractivity contribution in [2.45, 2.75) is 57.5 Å². The minimum Gasteiger partial charge on any atom is -0.406 e. The van der Waals surface area contributed by atoms with Crippen LogP contribution in [0.1, 0.15) is 41.7 Å². The summed E-state index contributed by atoms with van der Waals surface area (Å²) in [5.74, 6) is 0.782. The molecule has 1 aromatic carbocycles. The van der Waals surface area contributed by atoms with Gasteiger partial charge in [0.2, 0.25) is 0 Å². The van der Waals surface area contributed by atoms with E-state index in [4.69, 9.17) is 0 Å².